The van der Waals surface area contributed by atoms with E-state index in [0.29, 0.717) is 12.0 Å². The minimum Gasteiger partial charge on any atom is -0.462 e. The molecule has 5 rings (SSSR count). The van der Waals surface area contributed by atoms with Crippen LogP contribution in [0.15, 0.2) is 47.7 Å². The Morgan fingerprint density at radius 3 is 2.96 bits per heavy atom. The number of benzene rings is 1. The van der Waals surface area contributed by atoms with E-state index in [1.54, 1.807) is 12.3 Å². The largest absolute Gasteiger partial charge is 0.462 e. The lowest BCUT2D eigenvalue weighted by Crippen LogP contribution is -2.35. The molecule has 0 spiro atoms. The Balaban J connectivity index is 1.55. The molecule has 1 aliphatic carbocycles. The van der Waals surface area contributed by atoms with Gasteiger partial charge in [-0.25, -0.2) is 9.38 Å². The Kier molecular flexibility index (Phi) is 3.66. The van der Waals surface area contributed by atoms with Crippen molar-refractivity contribution in [3.05, 3.63) is 70.9 Å². The van der Waals surface area contributed by atoms with Crippen LogP contribution in [-0.4, -0.2) is 22.1 Å². The topological polar surface area (TPSA) is 73.4 Å². The molecule has 3 atom stereocenters. The fourth-order valence-electron chi connectivity index (χ4n) is 4.27. The Labute approximate surface area is 162 Å². The second kappa shape index (κ2) is 5.99. The molecular formula is C22H21FN4O. The second-order valence-corrected chi connectivity index (χ2v) is 7.93. The Bertz CT molecular complexity index is 1130. The number of hydrogen-bond donors (Lipinski definition) is 1. The van der Waals surface area contributed by atoms with Gasteiger partial charge in [0.05, 0.1) is 16.7 Å². The van der Waals surface area contributed by atoms with Crippen molar-refractivity contribution in [2.75, 3.05) is 0 Å². The highest BCUT2D eigenvalue weighted by Crippen LogP contribution is 2.53. The number of aliphatic imine (C=N–C) groups is 1. The Hall–Kier alpha value is -3.02. The average molecular weight is 376 g/mol. The van der Waals surface area contributed by atoms with E-state index < -0.39 is 5.54 Å². The van der Waals surface area contributed by atoms with Crippen molar-refractivity contribution in [3.8, 4) is 0 Å². The fraction of sp³-hybridized carbons (Fsp3) is 0.318. The van der Waals surface area contributed by atoms with E-state index in [2.05, 4.69) is 21.0 Å². The van der Waals surface area contributed by atoms with Crippen LogP contribution in [0.4, 0.5) is 4.39 Å². The summed E-state index contributed by atoms with van der Waals surface area (Å²) < 4.78 is 20.3. The van der Waals surface area contributed by atoms with Crippen molar-refractivity contribution in [1.29, 1.82) is 0 Å². The Morgan fingerprint density at radius 1 is 1.25 bits per heavy atom. The minimum absolute atomic E-state index is 0.0396. The van der Waals surface area contributed by atoms with E-state index in [1.807, 2.05) is 32.2 Å². The second-order valence-electron chi connectivity index (χ2n) is 7.93. The molecule has 0 amide bonds. The molecule has 0 bridgehead atoms. The molecule has 0 saturated heterocycles. The van der Waals surface area contributed by atoms with Crippen LogP contribution in [0, 0.1) is 18.7 Å². The summed E-state index contributed by atoms with van der Waals surface area (Å²) in [7, 11) is 0. The molecule has 1 saturated carbocycles. The molecule has 5 nitrogen and oxygen atoms in total. The number of aryl methyl sites for hydroxylation is 1. The smallest absolute Gasteiger partial charge is 0.283 e. The van der Waals surface area contributed by atoms with Gasteiger partial charge in [-0.15, -0.1) is 0 Å². The highest BCUT2D eigenvalue weighted by Gasteiger charge is 2.57. The predicted octanol–water partition coefficient (Wildman–Crippen LogP) is 3.62. The van der Waals surface area contributed by atoms with Crippen molar-refractivity contribution in [2.45, 2.75) is 38.3 Å². The van der Waals surface area contributed by atoms with E-state index >= 15 is 0 Å². The van der Waals surface area contributed by atoms with Gasteiger partial charge in [0.25, 0.3) is 6.02 Å². The van der Waals surface area contributed by atoms with Crippen LogP contribution in [0.3, 0.4) is 0 Å². The SMILES string of the molecule is Cc1cnc2c(Cc3ccc(F)c([C@@]4(C)N=C(N)O[C@@H]5C[C@@H]54)c3)nccc2c1. The van der Waals surface area contributed by atoms with Crippen molar-refractivity contribution in [1.82, 2.24) is 9.97 Å². The third-order valence-corrected chi connectivity index (χ3v) is 5.83. The van der Waals surface area contributed by atoms with Crippen LogP contribution in [0.2, 0.25) is 0 Å². The summed E-state index contributed by atoms with van der Waals surface area (Å²) in [6, 6.07) is 9.40. The molecule has 1 aromatic carbocycles. The predicted molar refractivity (Wildman–Crippen MR) is 105 cm³/mol. The monoisotopic (exact) mass is 376 g/mol. The van der Waals surface area contributed by atoms with Crippen molar-refractivity contribution >= 4 is 16.9 Å². The summed E-state index contributed by atoms with van der Waals surface area (Å²) in [5.41, 5.74) is 9.53. The first-order valence-corrected chi connectivity index (χ1v) is 9.45. The van der Waals surface area contributed by atoms with Gasteiger partial charge in [0.2, 0.25) is 0 Å². The van der Waals surface area contributed by atoms with E-state index in [4.69, 9.17) is 10.5 Å². The molecule has 1 aliphatic heterocycles. The van der Waals surface area contributed by atoms with Gasteiger partial charge >= 0.3 is 0 Å². The maximum Gasteiger partial charge on any atom is 0.283 e. The molecule has 2 N–H and O–H groups in total. The number of halogens is 1. The van der Waals surface area contributed by atoms with Gasteiger partial charge in [0.15, 0.2) is 0 Å². The van der Waals surface area contributed by atoms with Crippen LogP contribution in [0.1, 0.15) is 35.7 Å². The number of amidine groups is 1. The molecule has 2 aliphatic rings. The molecule has 3 heterocycles. The molecule has 142 valence electrons. The van der Waals surface area contributed by atoms with E-state index in [1.165, 1.54) is 6.07 Å². The number of fused-ring (bicyclic) bond motifs is 2. The number of rotatable bonds is 3. The van der Waals surface area contributed by atoms with Gasteiger partial charge in [-0.2, -0.15) is 0 Å². The molecule has 2 aromatic heterocycles. The van der Waals surface area contributed by atoms with Gasteiger partial charge in [0, 0.05) is 35.7 Å². The summed E-state index contributed by atoms with van der Waals surface area (Å²) in [6.07, 6.45) is 5.09. The van der Waals surface area contributed by atoms with Crippen LogP contribution in [0.25, 0.3) is 10.9 Å². The Morgan fingerprint density at radius 2 is 2.11 bits per heavy atom. The molecule has 6 heteroatoms. The van der Waals surface area contributed by atoms with Gasteiger partial charge in [0.1, 0.15) is 11.9 Å². The third kappa shape index (κ3) is 2.71. The maximum absolute atomic E-state index is 14.8. The molecule has 3 aromatic rings. The van der Waals surface area contributed by atoms with Crippen LogP contribution >= 0.6 is 0 Å². The summed E-state index contributed by atoms with van der Waals surface area (Å²) in [4.78, 5) is 13.6. The van der Waals surface area contributed by atoms with Crippen molar-refractivity contribution in [3.63, 3.8) is 0 Å². The molecule has 1 fully saturated rings. The summed E-state index contributed by atoms with van der Waals surface area (Å²) >= 11 is 0. The highest BCUT2D eigenvalue weighted by molar-refractivity contribution is 5.81. The van der Waals surface area contributed by atoms with Crippen molar-refractivity contribution in [2.24, 2.45) is 16.6 Å². The first-order chi connectivity index (χ1) is 13.4. The molecular weight excluding hydrogens is 355 g/mol. The first kappa shape index (κ1) is 17.1. The lowest BCUT2D eigenvalue weighted by molar-refractivity contribution is 0.202. The van der Waals surface area contributed by atoms with Gasteiger partial charge < -0.3 is 10.5 Å². The number of pyridine rings is 2. The highest BCUT2D eigenvalue weighted by atomic mass is 19.1. The maximum atomic E-state index is 14.8. The fourth-order valence-corrected chi connectivity index (χ4v) is 4.27. The summed E-state index contributed by atoms with van der Waals surface area (Å²) in [5.74, 6) is -0.111. The van der Waals surface area contributed by atoms with Gasteiger partial charge in [-0.05, 0) is 49.6 Å². The lowest BCUT2D eigenvalue weighted by Gasteiger charge is -2.30. The molecule has 0 radical (unpaired) electrons. The molecule has 0 unspecified atom stereocenters. The first-order valence-electron chi connectivity index (χ1n) is 9.45. The van der Waals surface area contributed by atoms with E-state index in [9.17, 15) is 4.39 Å². The third-order valence-electron chi connectivity index (χ3n) is 5.83. The lowest BCUT2D eigenvalue weighted by atomic mass is 9.85. The normalized spacial score (nSPS) is 25.8. The van der Waals surface area contributed by atoms with Crippen LogP contribution in [-0.2, 0) is 16.7 Å². The molecule has 28 heavy (non-hydrogen) atoms. The van der Waals surface area contributed by atoms with Gasteiger partial charge in [-0.3, -0.25) is 9.97 Å². The minimum atomic E-state index is -0.700. The number of aromatic nitrogens is 2. The van der Waals surface area contributed by atoms with Crippen LogP contribution in [0.5, 0.6) is 0 Å². The van der Waals surface area contributed by atoms with Crippen LogP contribution < -0.4 is 5.73 Å². The average Bonchev–Trinajstić information content (AvgIpc) is 3.43. The number of nitrogens with zero attached hydrogens (tertiary/aromatic N) is 3. The summed E-state index contributed by atoms with van der Waals surface area (Å²) in [6.45, 7) is 3.96. The van der Waals surface area contributed by atoms with Crippen molar-refractivity contribution < 1.29 is 9.13 Å². The van der Waals surface area contributed by atoms with E-state index in [0.717, 1.165) is 34.1 Å². The van der Waals surface area contributed by atoms with E-state index in [-0.39, 0.29) is 23.9 Å². The number of nitrogens with two attached hydrogens (primary N) is 1. The zero-order valence-corrected chi connectivity index (χ0v) is 15.8. The number of hydrogen-bond acceptors (Lipinski definition) is 5. The van der Waals surface area contributed by atoms with Gasteiger partial charge in [-0.1, -0.05) is 12.1 Å². The zero-order valence-electron chi connectivity index (χ0n) is 15.8. The summed E-state index contributed by atoms with van der Waals surface area (Å²) in [5, 5.41) is 1.06. The standard InChI is InChI=1S/C22H21FN4O/c1-12-7-14-5-6-25-18(20(14)26-11-12)9-13-3-4-17(23)15(8-13)22(2)16-10-19(16)28-21(24)27-22/h3-8,11,16,19H,9-10H2,1-2H3,(H2,24,27)/t16-,19+,22+/m0/s1. The quantitative estimate of drug-likeness (QED) is 0.758. The number of ether oxygens (including phenoxy) is 1. The zero-order chi connectivity index (χ0) is 19.5.